The van der Waals surface area contributed by atoms with E-state index in [4.69, 9.17) is 16.3 Å². The maximum absolute atomic E-state index is 12.8. The van der Waals surface area contributed by atoms with Gasteiger partial charge in [0.1, 0.15) is 0 Å². The Kier molecular flexibility index (Phi) is 5.28. The Morgan fingerprint density at radius 1 is 1.15 bits per heavy atom. The van der Waals surface area contributed by atoms with E-state index in [1.54, 1.807) is 32.2 Å². The van der Waals surface area contributed by atoms with Crippen molar-refractivity contribution in [3.63, 3.8) is 0 Å². The summed E-state index contributed by atoms with van der Waals surface area (Å²) >= 11 is 6.34. The van der Waals surface area contributed by atoms with Crippen LogP contribution in [0.15, 0.2) is 60.2 Å². The molecule has 1 atom stereocenters. The fourth-order valence-corrected chi connectivity index (χ4v) is 3.27. The van der Waals surface area contributed by atoms with Crippen LogP contribution < -0.4 is 5.32 Å². The summed E-state index contributed by atoms with van der Waals surface area (Å²) in [7, 11) is 1.62. The average Bonchev–Trinajstić information content (AvgIpc) is 2.65. The predicted molar refractivity (Wildman–Crippen MR) is 100 cm³/mol. The van der Waals surface area contributed by atoms with Crippen LogP contribution in [0, 0.1) is 0 Å². The summed E-state index contributed by atoms with van der Waals surface area (Å²) in [5, 5.41) is 3.33. The molecule has 3 rings (SSSR count). The highest BCUT2D eigenvalue weighted by Gasteiger charge is 2.38. The van der Waals surface area contributed by atoms with E-state index in [0.717, 1.165) is 5.56 Å². The van der Waals surface area contributed by atoms with Gasteiger partial charge in [-0.15, -0.1) is 0 Å². The number of benzene rings is 2. The van der Waals surface area contributed by atoms with Crippen molar-refractivity contribution in [2.75, 3.05) is 13.7 Å². The summed E-state index contributed by atoms with van der Waals surface area (Å²) in [5.74, 6) is -0.483. The van der Waals surface area contributed by atoms with Crippen LogP contribution in [-0.4, -0.2) is 30.6 Å². The zero-order valence-electron chi connectivity index (χ0n) is 14.5. The molecule has 2 aromatic rings. The summed E-state index contributed by atoms with van der Waals surface area (Å²) in [5.41, 5.74) is 2.27. The van der Waals surface area contributed by atoms with Gasteiger partial charge in [-0.05, 0) is 24.1 Å². The Bertz CT molecular complexity index is 864. The van der Waals surface area contributed by atoms with Gasteiger partial charge in [0.05, 0.1) is 23.9 Å². The summed E-state index contributed by atoms with van der Waals surface area (Å²) in [6, 6.07) is 15.4. The number of carbonyl (C=O) groups is 2. The molecule has 0 radical (unpaired) electrons. The number of carbonyl (C=O) groups excluding carboxylic acids is 2. The first-order valence-corrected chi connectivity index (χ1v) is 8.67. The highest BCUT2D eigenvalue weighted by atomic mass is 35.5. The maximum Gasteiger partial charge on any atom is 0.338 e. The van der Waals surface area contributed by atoms with Crippen molar-refractivity contribution in [1.29, 1.82) is 0 Å². The fraction of sp³-hybridized carbons (Fsp3) is 0.200. The summed E-state index contributed by atoms with van der Waals surface area (Å²) < 4.78 is 5.29. The van der Waals surface area contributed by atoms with Crippen molar-refractivity contribution in [3.8, 4) is 0 Å². The van der Waals surface area contributed by atoms with Gasteiger partial charge < -0.3 is 10.1 Å². The quantitative estimate of drug-likeness (QED) is 0.827. The molecule has 1 aliphatic heterocycles. The zero-order chi connectivity index (χ0) is 18.7. The SMILES string of the molecule is CCOC(=O)C1=C(c2ccccc2)N(C)C(=O)N[C@H]1c1ccccc1Cl. The molecule has 0 aromatic heterocycles. The first-order chi connectivity index (χ1) is 12.5. The monoisotopic (exact) mass is 370 g/mol. The normalized spacial score (nSPS) is 17.1. The smallest absolute Gasteiger partial charge is 0.338 e. The number of urea groups is 1. The van der Waals surface area contributed by atoms with Gasteiger partial charge in [0, 0.05) is 12.1 Å². The van der Waals surface area contributed by atoms with E-state index in [1.165, 1.54) is 4.90 Å². The zero-order valence-corrected chi connectivity index (χ0v) is 15.3. The van der Waals surface area contributed by atoms with Crippen molar-refractivity contribution >= 4 is 29.3 Å². The van der Waals surface area contributed by atoms with Crippen molar-refractivity contribution in [1.82, 2.24) is 10.2 Å². The number of hydrogen-bond acceptors (Lipinski definition) is 3. The summed E-state index contributed by atoms with van der Waals surface area (Å²) in [4.78, 5) is 26.8. The topological polar surface area (TPSA) is 58.6 Å². The third-order valence-electron chi connectivity index (χ3n) is 4.21. The van der Waals surface area contributed by atoms with E-state index in [1.807, 2.05) is 36.4 Å². The molecule has 0 aliphatic carbocycles. The van der Waals surface area contributed by atoms with Gasteiger partial charge in [0.2, 0.25) is 0 Å². The van der Waals surface area contributed by atoms with Crippen LogP contribution in [0.5, 0.6) is 0 Å². The lowest BCUT2D eigenvalue weighted by Gasteiger charge is -2.35. The number of esters is 1. The number of amides is 2. The Labute approximate surface area is 157 Å². The van der Waals surface area contributed by atoms with E-state index in [-0.39, 0.29) is 12.6 Å². The first-order valence-electron chi connectivity index (χ1n) is 8.30. The molecule has 0 saturated carbocycles. The molecular weight excluding hydrogens is 352 g/mol. The second kappa shape index (κ2) is 7.62. The fourth-order valence-electron chi connectivity index (χ4n) is 3.02. The molecular formula is C20H19ClN2O3. The lowest BCUT2D eigenvalue weighted by molar-refractivity contribution is -0.138. The number of ether oxygens (including phenoxy) is 1. The molecule has 0 saturated heterocycles. The molecule has 1 heterocycles. The number of hydrogen-bond donors (Lipinski definition) is 1. The molecule has 1 aliphatic rings. The minimum atomic E-state index is -0.693. The first kappa shape index (κ1) is 18.0. The highest BCUT2D eigenvalue weighted by molar-refractivity contribution is 6.31. The lowest BCUT2D eigenvalue weighted by atomic mass is 9.92. The summed E-state index contributed by atoms with van der Waals surface area (Å²) in [6.07, 6.45) is 0. The predicted octanol–water partition coefficient (Wildman–Crippen LogP) is 4.01. The van der Waals surface area contributed by atoms with Crippen molar-refractivity contribution in [2.24, 2.45) is 0 Å². The Hall–Kier alpha value is -2.79. The van der Waals surface area contributed by atoms with E-state index >= 15 is 0 Å². The Morgan fingerprint density at radius 2 is 1.81 bits per heavy atom. The Balaban J connectivity index is 2.26. The number of nitrogens with one attached hydrogen (secondary N) is 1. The molecule has 0 fully saturated rings. The minimum absolute atomic E-state index is 0.233. The molecule has 5 nitrogen and oxygen atoms in total. The molecule has 134 valence electrons. The van der Waals surface area contributed by atoms with Crippen LogP contribution in [0.3, 0.4) is 0 Å². The van der Waals surface area contributed by atoms with Gasteiger partial charge in [-0.25, -0.2) is 9.59 Å². The van der Waals surface area contributed by atoms with Crippen LogP contribution in [0.1, 0.15) is 24.1 Å². The van der Waals surface area contributed by atoms with Crippen molar-refractivity contribution in [3.05, 3.63) is 76.3 Å². The van der Waals surface area contributed by atoms with Gasteiger partial charge in [-0.3, -0.25) is 4.90 Å². The molecule has 2 aromatic carbocycles. The molecule has 26 heavy (non-hydrogen) atoms. The van der Waals surface area contributed by atoms with Gasteiger partial charge in [-0.1, -0.05) is 60.1 Å². The van der Waals surface area contributed by atoms with Gasteiger partial charge in [0.25, 0.3) is 0 Å². The van der Waals surface area contributed by atoms with Crippen molar-refractivity contribution < 1.29 is 14.3 Å². The van der Waals surface area contributed by atoms with E-state index < -0.39 is 12.0 Å². The number of halogens is 1. The highest BCUT2D eigenvalue weighted by Crippen LogP contribution is 2.37. The number of nitrogens with zero attached hydrogens (tertiary/aromatic N) is 1. The summed E-state index contributed by atoms with van der Waals surface area (Å²) in [6.45, 7) is 1.98. The molecule has 1 N–H and O–H groups in total. The van der Waals surface area contributed by atoms with E-state index in [0.29, 0.717) is 21.9 Å². The van der Waals surface area contributed by atoms with Gasteiger partial charge >= 0.3 is 12.0 Å². The largest absolute Gasteiger partial charge is 0.463 e. The third kappa shape index (κ3) is 3.30. The standard InChI is InChI=1S/C20H19ClN2O3/c1-3-26-19(24)16-17(14-11-7-8-12-15(14)21)22-20(25)23(2)18(16)13-9-5-4-6-10-13/h4-12,17H,3H2,1-2H3,(H,22,25)/t17-/m0/s1. The van der Waals surface area contributed by atoms with Crippen LogP contribution in [0.4, 0.5) is 4.79 Å². The van der Waals surface area contributed by atoms with E-state index in [9.17, 15) is 9.59 Å². The van der Waals surface area contributed by atoms with Crippen LogP contribution in [-0.2, 0) is 9.53 Å². The molecule has 0 unspecified atom stereocenters. The lowest BCUT2D eigenvalue weighted by Crippen LogP contribution is -2.46. The minimum Gasteiger partial charge on any atom is -0.463 e. The van der Waals surface area contributed by atoms with Crippen LogP contribution >= 0.6 is 11.6 Å². The van der Waals surface area contributed by atoms with Crippen LogP contribution in [0.2, 0.25) is 5.02 Å². The third-order valence-corrected chi connectivity index (χ3v) is 4.55. The van der Waals surface area contributed by atoms with E-state index in [2.05, 4.69) is 5.32 Å². The van der Waals surface area contributed by atoms with Crippen LogP contribution in [0.25, 0.3) is 5.70 Å². The Morgan fingerprint density at radius 3 is 2.46 bits per heavy atom. The second-order valence-corrected chi connectivity index (χ2v) is 6.22. The van der Waals surface area contributed by atoms with Gasteiger partial charge in [-0.2, -0.15) is 0 Å². The molecule has 0 bridgehead atoms. The van der Waals surface area contributed by atoms with Crippen molar-refractivity contribution in [2.45, 2.75) is 13.0 Å². The molecule has 0 spiro atoms. The maximum atomic E-state index is 12.8. The number of rotatable bonds is 4. The second-order valence-electron chi connectivity index (χ2n) is 5.81. The average molecular weight is 371 g/mol. The van der Waals surface area contributed by atoms with Gasteiger partial charge in [0.15, 0.2) is 0 Å². The molecule has 2 amide bonds. The molecule has 6 heteroatoms.